The molecule has 0 aromatic heterocycles. The van der Waals surface area contributed by atoms with Crippen molar-refractivity contribution in [1.82, 2.24) is 0 Å². The summed E-state index contributed by atoms with van der Waals surface area (Å²) in [7, 11) is -0.243. The first-order chi connectivity index (χ1) is 22.6. The van der Waals surface area contributed by atoms with Gasteiger partial charge in [-0.05, 0) is 58.9 Å². The summed E-state index contributed by atoms with van der Waals surface area (Å²) in [6.45, 7) is 11.7. The van der Waals surface area contributed by atoms with Crippen molar-refractivity contribution in [3.63, 3.8) is 0 Å². The third-order valence-corrected chi connectivity index (χ3v) is 13.7. The summed E-state index contributed by atoms with van der Waals surface area (Å²) in [5, 5.41) is 11.2. The van der Waals surface area contributed by atoms with Crippen molar-refractivity contribution < 1.29 is 23.7 Å². The van der Waals surface area contributed by atoms with Crippen LogP contribution in [0.5, 0.6) is 5.75 Å². The number of rotatable bonds is 15. The topological polar surface area (TPSA) is 57.2 Å². The first-order valence-corrected chi connectivity index (χ1v) is 19.2. The van der Waals surface area contributed by atoms with Crippen molar-refractivity contribution in [1.29, 1.82) is 0 Å². The van der Waals surface area contributed by atoms with E-state index in [2.05, 4.69) is 82.1 Å². The number of benzene rings is 4. The van der Waals surface area contributed by atoms with E-state index in [0.29, 0.717) is 26.1 Å². The van der Waals surface area contributed by atoms with Crippen LogP contribution in [-0.4, -0.2) is 46.0 Å². The van der Waals surface area contributed by atoms with Crippen molar-refractivity contribution in [2.24, 2.45) is 0 Å². The minimum atomic E-state index is -1.89. The van der Waals surface area contributed by atoms with Crippen molar-refractivity contribution >= 4 is 8.32 Å². The van der Waals surface area contributed by atoms with E-state index in [1.807, 2.05) is 78.9 Å². The summed E-state index contributed by atoms with van der Waals surface area (Å²) in [5.41, 5.74) is 1.96. The van der Waals surface area contributed by atoms with Crippen LogP contribution in [-0.2, 0) is 26.1 Å². The molecule has 4 rings (SSSR count). The Bertz CT molecular complexity index is 1460. The fraction of sp³-hybridized carbons (Fsp3) is 0.366. The smallest absolute Gasteiger partial charge is 0.193 e. The van der Waals surface area contributed by atoms with Gasteiger partial charge in [-0.3, -0.25) is 0 Å². The Hall–Kier alpha value is -3.70. The van der Waals surface area contributed by atoms with Crippen LogP contribution in [0.25, 0.3) is 0 Å². The molecule has 0 radical (unpaired) electrons. The van der Waals surface area contributed by atoms with E-state index < -0.39 is 19.5 Å². The Kier molecular flexibility index (Phi) is 12.6. The molecule has 0 spiro atoms. The van der Waals surface area contributed by atoms with Gasteiger partial charge in [0.25, 0.3) is 0 Å². The van der Waals surface area contributed by atoms with Crippen molar-refractivity contribution in [2.75, 3.05) is 26.9 Å². The highest BCUT2D eigenvalue weighted by Crippen LogP contribution is 2.42. The Morgan fingerprint density at radius 3 is 1.64 bits per heavy atom. The molecule has 47 heavy (non-hydrogen) atoms. The minimum absolute atomic E-state index is 0.121. The lowest BCUT2D eigenvalue weighted by atomic mass is 9.80. The van der Waals surface area contributed by atoms with Gasteiger partial charge in [-0.2, -0.15) is 0 Å². The fourth-order valence-electron chi connectivity index (χ4n) is 5.19. The number of hydrogen-bond acceptors (Lipinski definition) is 5. The molecule has 248 valence electrons. The molecule has 0 saturated heterocycles. The third kappa shape index (κ3) is 9.22. The molecule has 1 atom stereocenters. The van der Waals surface area contributed by atoms with Crippen LogP contribution in [0, 0.1) is 11.8 Å². The van der Waals surface area contributed by atoms with Crippen molar-refractivity contribution in [2.45, 2.75) is 69.6 Å². The molecular formula is C41H50O5Si. The van der Waals surface area contributed by atoms with Crippen molar-refractivity contribution in [3.05, 3.63) is 138 Å². The number of aliphatic hydroxyl groups is 1. The predicted molar refractivity (Wildman–Crippen MR) is 193 cm³/mol. The second kappa shape index (κ2) is 16.4. The lowest BCUT2D eigenvalue weighted by Crippen LogP contribution is -2.46. The Morgan fingerprint density at radius 1 is 0.681 bits per heavy atom. The molecule has 4 aromatic carbocycles. The maximum absolute atomic E-state index is 11.1. The largest absolute Gasteiger partial charge is 0.497 e. The van der Waals surface area contributed by atoms with Gasteiger partial charge in [-0.25, -0.2) is 0 Å². The molecule has 0 amide bonds. The zero-order chi connectivity index (χ0) is 33.8. The standard InChI is InChI=1S/C41H50O5Si/c1-39(2,3)47(5,6)46-30-18-10-17-29-40(32-42,44-31-34-25-27-38(43-4)28-26-34)33-45-41(35-19-11-7-12-20-35,36-21-13-8-14-22-36)37-23-15-9-16-24-37/h7-9,11-16,19-28,42H,17,29-33H2,1-6H3/t40-/m1/s1. The molecule has 0 aliphatic carbocycles. The SMILES string of the molecule is COc1ccc(CO[C@@](CO)(CCC#CCO[Si](C)(C)C(C)(C)C)COC(c2ccccc2)(c2ccccc2)c2ccccc2)cc1. The van der Waals surface area contributed by atoms with E-state index in [4.69, 9.17) is 18.6 Å². The summed E-state index contributed by atoms with van der Waals surface area (Å²) in [5.74, 6) is 7.28. The lowest BCUT2D eigenvalue weighted by Gasteiger charge is -2.40. The second-order valence-corrected chi connectivity index (χ2v) is 18.3. The van der Waals surface area contributed by atoms with Crippen LogP contribution in [0.15, 0.2) is 115 Å². The second-order valence-electron chi connectivity index (χ2n) is 13.4. The highest BCUT2D eigenvalue weighted by atomic mass is 28.4. The average molecular weight is 651 g/mol. The van der Waals surface area contributed by atoms with E-state index in [1.165, 1.54) is 0 Å². The summed E-state index contributed by atoms with van der Waals surface area (Å²) >= 11 is 0. The molecular weight excluding hydrogens is 601 g/mol. The number of aliphatic hydroxyl groups excluding tert-OH is 1. The summed E-state index contributed by atoms with van der Waals surface area (Å²) in [6.07, 6.45) is 0.990. The average Bonchev–Trinajstić information content (AvgIpc) is 3.09. The van der Waals surface area contributed by atoms with Gasteiger partial charge in [0, 0.05) is 6.42 Å². The van der Waals surface area contributed by atoms with Gasteiger partial charge in [0.2, 0.25) is 0 Å². The van der Waals surface area contributed by atoms with E-state index in [1.54, 1.807) is 7.11 Å². The Balaban J connectivity index is 1.66. The van der Waals surface area contributed by atoms with E-state index in [0.717, 1.165) is 28.0 Å². The molecule has 0 aliphatic heterocycles. The number of hydrogen-bond donors (Lipinski definition) is 1. The number of ether oxygens (including phenoxy) is 3. The Labute approximate surface area is 283 Å². The third-order valence-electron chi connectivity index (χ3n) is 9.23. The highest BCUT2D eigenvalue weighted by Gasteiger charge is 2.41. The van der Waals surface area contributed by atoms with Gasteiger partial charge < -0.3 is 23.7 Å². The number of methoxy groups -OCH3 is 1. The molecule has 0 unspecified atom stereocenters. The highest BCUT2D eigenvalue weighted by molar-refractivity contribution is 6.74. The van der Waals surface area contributed by atoms with Crippen LogP contribution < -0.4 is 4.74 Å². The van der Waals surface area contributed by atoms with Crippen LogP contribution >= 0.6 is 0 Å². The molecule has 0 fully saturated rings. The van der Waals surface area contributed by atoms with Gasteiger partial charge in [0.15, 0.2) is 8.32 Å². The molecule has 0 saturated carbocycles. The van der Waals surface area contributed by atoms with E-state index in [-0.39, 0.29) is 18.3 Å². The maximum Gasteiger partial charge on any atom is 0.193 e. The van der Waals surface area contributed by atoms with E-state index >= 15 is 0 Å². The molecule has 0 aliphatic rings. The monoisotopic (exact) mass is 650 g/mol. The maximum atomic E-state index is 11.1. The minimum Gasteiger partial charge on any atom is -0.497 e. The van der Waals surface area contributed by atoms with Gasteiger partial charge in [-0.1, -0.05) is 130 Å². The zero-order valence-electron chi connectivity index (χ0n) is 28.8. The summed E-state index contributed by atoms with van der Waals surface area (Å²) in [6, 6.07) is 38.5. The summed E-state index contributed by atoms with van der Waals surface area (Å²) in [4.78, 5) is 0. The molecule has 0 heterocycles. The molecule has 1 N–H and O–H groups in total. The summed E-state index contributed by atoms with van der Waals surface area (Å²) < 4.78 is 25.4. The first kappa shape index (κ1) is 36.1. The Morgan fingerprint density at radius 2 is 1.19 bits per heavy atom. The van der Waals surface area contributed by atoms with E-state index in [9.17, 15) is 5.11 Å². The molecule has 0 bridgehead atoms. The predicted octanol–water partition coefficient (Wildman–Crippen LogP) is 8.76. The normalized spacial score (nSPS) is 13.3. The van der Waals surface area contributed by atoms with Crippen LogP contribution in [0.1, 0.15) is 55.9 Å². The lowest BCUT2D eigenvalue weighted by molar-refractivity contribution is -0.156. The quantitative estimate of drug-likeness (QED) is 0.0792. The van der Waals surface area contributed by atoms with Gasteiger partial charge in [0.05, 0.1) is 33.5 Å². The first-order valence-electron chi connectivity index (χ1n) is 16.3. The van der Waals surface area contributed by atoms with Crippen molar-refractivity contribution in [3.8, 4) is 17.6 Å². The van der Waals surface area contributed by atoms with Gasteiger partial charge in [0.1, 0.15) is 17.0 Å². The van der Waals surface area contributed by atoms with Gasteiger partial charge >= 0.3 is 0 Å². The van der Waals surface area contributed by atoms with Crippen LogP contribution in [0.3, 0.4) is 0 Å². The van der Waals surface area contributed by atoms with Crippen LogP contribution in [0.4, 0.5) is 0 Å². The zero-order valence-corrected chi connectivity index (χ0v) is 29.8. The molecule has 5 nitrogen and oxygen atoms in total. The molecule has 6 heteroatoms. The fourth-order valence-corrected chi connectivity index (χ4v) is 6.05. The van der Waals surface area contributed by atoms with Gasteiger partial charge in [-0.15, -0.1) is 5.92 Å². The van der Waals surface area contributed by atoms with Crippen LogP contribution in [0.2, 0.25) is 18.1 Å². The molecule has 4 aromatic rings.